The van der Waals surface area contributed by atoms with Gasteiger partial charge in [-0.1, -0.05) is 6.92 Å². The molecule has 0 aromatic heterocycles. The van der Waals surface area contributed by atoms with Gasteiger partial charge in [0.05, 0.1) is 13.1 Å². The van der Waals surface area contributed by atoms with Crippen molar-refractivity contribution in [3.05, 3.63) is 0 Å². The SMILES string of the molecule is CCN1CCC(CNC(=O)CNC(=O)CN)CC1. The first-order valence-electron chi connectivity index (χ1n) is 6.61. The molecule has 1 aliphatic rings. The molecule has 0 saturated carbocycles. The summed E-state index contributed by atoms with van der Waals surface area (Å²) in [6.45, 7) is 6.13. The van der Waals surface area contributed by atoms with Gasteiger partial charge in [0.15, 0.2) is 0 Å². The standard InChI is InChI=1S/C12H24N4O2/c1-2-16-5-3-10(4-6-16)8-14-12(18)9-15-11(17)7-13/h10H,2-9,13H2,1H3,(H,14,18)(H,15,17). The Hall–Kier alpha value is -1.14. The van der Waals surface area contributed by atoms with Crippen molar-refractivity contribution in [2.45, 2.75) is 19.8 Å². The lowest BCUT2D eigenvalue weighted by Crippen LogP contribution is -2.42. The van der Waals surface area contributed by atoms with Gasteiger partial charge in [-0.3, -0.25) is 9.59 Å². The minimum atomic E-state index is -0.304. The third kappa shape index (κ3) is 5.46. The zero-order valence-corrected chi connectivity index (χ0v) is 11.1. The van der Waals surface area contributed by atoms with Crippen LogP contribution in [0.3, 0.4) is 0 Å². The number of amides is 2. The Balaban J connectivity index is 2.10. The number of carbonyl (C=O) groups is 2. The molecule has 0 aromatic carbocycles. The van der Waals surface area contributed by atoms with Crippen LogP contribution in [-0.4, -0.2) is 56.0 Å². The lowest BCUT2D eigenvalue weighted by Gasteiger charge is -2.31. The fourth-order valence-corrected chi connectivity index (χ4v) is 2.08. The van der Waals surface area contributed by atoms with Crippen molar-refractivity contribution in [3.8, 4) is 0 Å². The van der Waals surface area contributed by atoms with Crippen LogP contribution in [0.25, 0.3) is 0 Å². The summed E-state index contributed by atoms with van der Waals surface area (Å²) in [7, 11) is 0. The molecule has 0 bridgehead atoms. The quantitative estimate of drug-likeness (QED) is 0.563. The van der Waals surface area contributed by atoms with E-state index in [9.17, 15) is 9.59 Å². The summed E-state index contributed by atoms with van der Waals surface area (Å²) >= 11 is 0. The minimum absolute atomic E-state index is 0.0177. The number of nitrogens with two attached hydrogens (primary N) is 1. The van der Waals surface area contributed by atoms with Gasteiger partial charge in [0, 0.05) is 6.54 Å². The Morgan fingerprint density at radius 3 is 2.44 bits per heavy atom. The molecule has 0 unspecified atom stereocenters. The minimum Gasteiger partial charge on any atom is -0.354 e. The van der Waals surface area contributed by atoms with E-state index in [0.717, 1.165) is 32.5 Å². The monoisotopic (exact) mass is 256 g/mol. The van der Waals surface area contributed by atoms with Crippen LogP contribution in [0, 0.1) is 5.92 Å². The first-order chi connectivity index (χ1) is 8.65. The van der Waals surface area contributed by atoms with Crippen LogP contribution >= 0.6 is 0 Å². The van der Waals surface area contributed by atoms with E-state index >= 15 is 0 Å². The second-order valence-corrected chi connectivity index (χ2v) is 4.66. The van der Waals surface area contributed by atoms with E-state index < -0.39 is 0 Å². The van der Waals surface area contributed by atoms with Crippen LogP contribution in [-0.2, 0) is 9.59 Å². The van der Waals surface area contributed by atoms with E-state index in [4.69, 9.17) is 5.73 Å². The Morgan fingerprint density at radius 2 is 1.89 bits per heavy atom. The van der Waals surface area contributed by atoms with Gasteiger partial charge in [-0.2, -0.15) is 0 Å². The Labute approximate surface area is 108 Å². The van der Waals surface area contributed by atoms with E-state index in [1.807, 2.05) is 0 Å². The summed E-state index contributed by atoms with van der Waals surface area (Å²) < 4.78 is 0. The second-order valence-electron chi connectivity index (χ2n) is 4.66. The molecule has 0 aliphatic carbocycles. The molecule has 6 heteroatoms. The van der Waals surface area contributed by atoms with Crippen molar-refractivity contribution in [3.63, 3.8) is 0 Å². The lowest BCUT2D eigenvalue weighted by atomic mass is 9.97. The predicted molar refractivity (Wildman–Crippen MR) is 69.9 cm³/mol. The van der Waals surface area contributed by atoms with Crippen molar-refractivity contribution in [1.29, 1.82) is 0 Å². The average Bonchev–Trinajstić information content (AvgIpc) is 2.42. The Kier molecular flexibility index (Phi) is 6.67. The smallest absolute Gasteiger partial charge is 0.239 e. The molecule has 104 valence electrons. The molecule has 1 saturated heterocycles. The molecule has 0 aromatic rings. The molecule has 18 heavy (non-hydrogen) atoms. The molecule has 0 spiro atoms. The summed E-state index contributed by atoms with van der Waals surface area (Å²) in [6, 6.07) is 0. The summed E-state index contributed by atoms with van der Waals surface area (Å²) in [4.78, 5) is 24.7. The van der Waals surface area contributed by atoms with Crippen molar-refractivity contribution in [2.24, 2.45) is 11.7 Å². The predicted octanol–water partition coefficient (Wildman–Crippen LogP) is -1.09. The number of likely N-dealkylation sites (tertiary alicyclic amines) is 1. The maximum atomic E-state index is 11.4. The van der Waals surface area contributed by atoms with E-state index in [1.54, 1.807) is 0 Å². The molecule has 0 radical (unpaired) electrons. The second kappa shape index (κ2) is 8.05. The van der Waals surface area contributed by atoms with Crippen LogP contribution < -0.4 is 16.4 Å². The lowest BCUT2D eigenvalue weighted by molar-refractivity contribution is -0.125. The van der Waals surface area contributed by atoms with E-state index in [-0.39, 0.29) is 24.9 Å². The van der Waals surface area contributed by atoms with Gasteiger partial charge >= 0.3 is 0 Å². The van der Waals surface area contributed by atoms with E-state index in [1.165, 1.54) is 0 Å². The summed E-state index contributed by atoms with van der Waals surface area (Å²) in [5, 5.41) is 5.30. The maximum absolute atomic E-state index is 11.4. The first-order valence-corrected chi connectivity index (χ1v) is 6.61. The van der Waals surface area contributed by atoms with Crippen LogP contribution in [0.2, 0.25) is 0 Å². The van der Waals surface area contributed by atoms with E-state index in [0.29, 0.717) is 12.5 Å². The topological polar surface area (TPSA) is 87.5 Å². The number of carbonyl (C=O) groups excluding carboxylic acids is 2. The maximum Gasteiger partial charge on any atom is 0.239 e. The highest BCUT2D eigenvalue weighted by Crippen LogP contribution is 2.15. The molecule has 2 amide bonds. The molecule has 1 fully saturated rings. The van der Waals surface area contributed by atoms with Crippen LogP contribution in [0.1, 0.15) is 19.8 Å². The number of nitrogens with one attached hydrogen (secondary N) is 2. The number of piperidine rings is 1. The van der Waals surface area contributed by atoms with Crippen LogP contribution in [0.4, 0.5) is 0 Å². The Morgan fingerprint density at radius 1 is 1.22 bits per heavy atom. The molecule has 1 aliphatic heterocycles. The third-order valence-electron chi connectivity index (χ3n) is 3.37. The van der Waals surface area contributed by atoms with Gasteiger partial charge in [0.1, 0.15) is 0 Å². The van der Waals surface area contributed by atoms with Crippen LogP contribution in [0.5, 0.6) is 0 Å². The van der Waals surface area contributed by atoms with Crippen molar-refractivity contribution < 1.29 is 9.59 Å². The highest BCUT2D eigenvalue weighted by atomic mass is 16.2. The fourth-order valence-electron chi connectivity index (χ4n) is 2.08. The van der Waals surface area contributed by atoms with Crippen molar-refractivity contribution in [1.82, 2.24) is 15.5 Å². The molecule has 0 atom stereocenters. The number of hydrogen-bond acceptors (Lipinski definition) is 4. The van der Waals surface area contributed by atoms with Crippen molar-refractivity contribution >= 4 is 11.8 Å². The molecule has 6 nitrogen and oxygen atoms in total. The van der Waals surface area contributed by atoms with Gasteiger partial charge in [-0.25, -0.2) is 0 Å². The van der Waals surface area contributed by atoms with E-state index in [2.05, 4.69) is 22.5 Å². The van der Waals surface area contributed by atoms with Gasteiger partial charge in [-0.05, 0) is 38.4 Å². The van der Waals surface area contributed by atoms with Gasteiger partial charge in [-0.15, -0.1) is 0 Å². The first kappa shape index (κ1) is 14.9. The molecule has 1 rings (SSSR count). The van der Waals surface area contributed by atoms with Gasteiger partial charge < -0.3 is 21.3 Å². The fraction of sp³-hybridized carbons (Fsp3) is 0.833. The Bertz CT molecular complexity index is 275. The van der Waals surface area contributed by atoms with Gasteiger partial charge in [0.25, 0.3) is 0 Å². The third-order valence-corrected chi connectivity index (χ3v) is 3.37. The largest absolute Gasteiger partial charge is 0.354 e. The summed E-state index contributed by atoms with van der Waals surface area (Å²) in [6.07, 6.45) is 2.26. The van der Waals surface area contributed by atoms with Crippen LogP contribution in [0.15, 0.2) is 0 Å². The van der Waals surface area contributed by atoms with Crippen molar-refractivity contribution in [2.75, 3.05) is 39.3 Å². The average molecular weight is 256 g/mol. The molecule has 4 N–H and O–H groups in total. The highest BCUT2D eigenvalue weighted by Gasteiger charge is 2.18. The molecular formula is C12H24N4O2. The van der Waals surface area contributed by atoms with Gasteiger partial charge in [0.2, 0.25) is 11.8 Å². The molecular weight excluding hydrogens is 232 g/mol. The number of hydrogen-bond donors (Lipinski definition) is 3. The summed E-state index contributed by atoms with van der Waals surface area (Å²) in [5.74, 6) is 0.109. The normalized spacial score (nSPS) is 17.4. The number of nitrogens with zero attached hydrogens (tertiary/aromatic N) is 1. The summed E-state index contributed by atoms with van der Waals surface area (Å²) in [5.41, 5.74) is 5.13. The number of rotatable bonds is 6. The highest BCUT2D eigenvalue weighted by molar-refractivity contribution is 5.85. The zero-order chi connectivity index (χ0) is 13.4. The molecule has 1 heterocycles. The zero-order valence-electron chi connectivity index (χ0n) is 11.1.